The van der Waals surface area contributed by atoms with Crippen molar-refractivity contribution in [3.8, 4) is 0 Å². The lowest BCUT2D eigenvalue weighted by molar-refractivity contribution is 0.307. The number of hydrogen-bond acceptors (Lipinski definition) is 3. The summed E-state index contributed by atoms with van der Waals surface area (Å²) in [7, 11) is -3.87. The Balaban J connectivity index is 2.15. The number of aryl methyl sites for hydroxylation is 1. The van der Waals surface area contributed by atoms with Gasteiger partial charge in [0.05, 0.1) is 11.5 Å². The highest BCUT2D eigenvalue weighted by atomic mass is 35.5. The molecule has 6 heteroatoms. The molecule has 0 aliphatic carbocycles. The van der Waals surface area contributed by atoms with Crippen molar-refractivity contribution in [2.75, 3.05) is 0 Å². The van der Waals surface area contributed by atoms with Crippen LogP contribution in [0.3, 0.4) is 0 Å². The molecule has 0 N–H and O–H groups in total. The van der Waals surface area contributed by atoms with Crippen LogP contribution in [-0.4, -0.2) is 8.42 Å². The molecule has 0 saturated heterocycles. The standard InChI is InChI=1S/C14H12ClFO3S/c1-10-2-4-14(5-3-10)20(17,18)19-9-11-6-12(15)8-13(16)7-11/h2-8H,9H2,1H3. The Hall–Kier alpha value is -1.43. The average molecular weight is 315 g/mol. The van der Waals surface area contributed by atoms with E-state index in [0.29, 0.717) is 5.56 Å². The lowest BCUT2D eigenvalue weighted by Crippen LogP contribution is -2.06. The zero-order valence-electron chi connectivity index (χ0n) is 10.6. The largest absolute Gasteiger partial charge is 0.297 e. The van der Waals surface area contributed by atoms with Crippen molar-refractivity contribution < 1.29 is 17.0 Å². The maximum absolute atomic E-state index is 13.1. The van der Waals surface area contributed by atoms with E-state index in [2.05, 4.69) is 0 Å². The first kappa shape index (κ1) is 15.0. The summed E-state index contributed by atoms with van der Waals surface area (Å²) in [5, 5.41) is 0.191. The molecule has 20 heavy (non-hydrogen) atoms. The van der Waals surface area contributed by atoms with Crippen molar-refractivity contribution in [3.63, 3.8) is 0 Å². The van der Waals surface area contributed by atoms with E-state index in [-0.39, 0.29) is 16.5 Å². The molecule has 3 nitrogen and oxygen atoms in total. The van der Waals surface area contributed by atoms with Gasteiger partial charge in [-0.2, -0.15) is 8.42 Å². The third-order valence-corrected chi connectivity index (χ3v) is 4.11. The summed E-state index contributed by atoms with van der Waals surface area (Å²) >= 11 is 5.69. The van der Waals surface area contributed by atoms with Gasteiger partial charge in [-0.25, -0.2) is 4.39 Å². The fraction of sp³-hybridized carbons (Fsp3) is 0.143. The molecule has 0 aliphatic heterocycles. The number of halogens is 2. The second-order valence-corrected chi connectivity index (χ2v) is 6.36. The molecule has 0 spiro atoms. The van der Waals surface area contributed by atoms with Crippen LogP contribution in [0.2, 0.25) is 5.02 Å². The lowest BCUT2D eigenvalue weighted by Gasteiger charge is -2.06. The molecule has 0 aromatic heterocycles. The van der Waals surface area contributed by atoms with Crippen molar-refractivity contribution in [1.82, 2.24) is 0 Å². The normalized spacial score (nSPS) is 11.6. The number of rotatable bonds is 4. The minimum Gasteiger partial charge on any atom is -0.262 e. The first-order valence-electron chi connectivity index (χ1n) is 5.78. The summed E-state index contributed by atoms with van der Waals surface area (Å²) in [6, 6.07) is 10.0. The molecule has 0 fully saturated rings. The summed E-state index contributed by atoms with van der Waals surface area (Å²) in [6.07, 6.45) is 0. The summed E-state index contributed by atoms with van der Waals surface area (Å²) in [5.74, 6) is -0.538. The third-order valence-electron chi connectivity index (χ3n) is 2.61. The quantitative estimate of drug-likeness (QED) is 0.808. The molecule has 0 radical (unpaired) electrons. The fourth-order valence-electron chi connectivity index (χ4n) is 1.61. The molecule has 2 rings (SSSR count). The van der Waals surface area contributed by atoms with Gasteiger partial charge in [0.15, 0.2) is 0 Å². The second-order valence-electron chi connectivity index (χ2n) is 4.31. The highest BCUT2D eigenvalue weighted by molar-refractivity contribution is 7.86. The van der Waals surface area contributed by atoms with E-state index in [9.17, 15) is 12.8 Å². The third kappa shape index (κ3) is 3.79. The summed E-state index contributed by atoms with van der Waals surface area (Å²) < 4.78 is 41.9. The number of benzene rings is 2. The van der Waals surface area contributed by atoms with Crippen LogP contribution in [0.1, 0.15) is 11.1 Å². The molecule has 0 unspecified atom stereocenters. The zero-order valence-corrected chi connectivity index (χ0v) is 12.2. The lowest BCUT2D eigenvalue weighted by atomic mass is 10.2. The van der Waals surface area contributed by atoms with Gasteiger partial charge in [-0.05, 0) is 42.8 Å². The van der Waals surface area contributed by atoms with Crippen LogP contribution in [0, 0.1) is 12.7 Å². The van der Waals surface area contributed by atoms with Gasteiger partial charge < -0.3 is 0 Å². The Morgan fingerprint density at radius 3 is 2.40 bits per heavy atom. The maximum atomic E-state index is 13.1. The van der Waals surface area contributed by atoms with Gasteiger partial charge in [0, 0.05) is 5.02 Å². The molecule has 0 amide bonds. The molecule has 0 aliphatic rings. The van der Waals surface area contributed by atoms with Crippen LogP contribution in [-0.2, 0) is 20.9 Å². The Morgan fingerprint density at radius 1 is 1.15 bits per heavy atom. The van der Waals surface area contributed by atoms with Gasteiger partial charge in [-0.3, -0.25) is 4.18 Å². The molecule has 0 heterocycles. The smallest absolute Gasteiger partial charge is 0.262 e. The molecule has 2 aromatic carbocycles. The SMILES string of the molecule is Cc1ccc(S(=O)(=O)OCc2cc(F)cc(Cl)c2)cc1. The van der Waals surface area contributed by atoms with Crippen LogP contribution in [0.4, 0.5) is 4.39 Å². The van der Waals surface area contributed by atoms with Gasteiger partial charge in [0.2, 0.25) is 0 Å². The first-order chi connectivity index (χ1) is 9.37. The Kier molecular flexibility index (Phi) is 4.42. The van der Waals surface area contributed by atoms with Crippen molar-refractivity contribution in [3.05, 3.63) is 64.4 Å². The van der Waals surface area contributed by atoms with Crippen LogP contribution >= 0.6 is 11.6 Å². The molecular formula is C14H12ClFO3S. The molecule has 2 aromatic rings. The topological polar surface area (TPSA) is 43.4 Å². The van der Waals surface area contributed by atoms with E-state index < -0.39 is 15.9 Å². The Bertz CT molecular complexity index is 691. The minimum absolute atomic E-state index is 0.0607. The molecule has 0 saturated carbocycles. The molecule has 106 valence electrons. The van der Waals surface area contributed by atoms with Crippen LogP contribution in [0.25, 0.3) is 0 Å². The second kappa shape index (κ2) is 5.91. The number of hydrogen-bond donors (Lipinski definition) is 0. The predicted octanol–water partition coefficient (Wildman–Crippen LogP) is 3.69. The van der Waals surface area contributed by atoms with E-state index >= 15 is 0 Å². The monoisotopic (exact) mass is 314 g/mol. The van der Waals surface area contributed by atoms with Gasteiger partial charge >= 0.3 is 0 Å². The molecule has 0 bridgehead atoms. The highest BCUT2D eigenvalue weighted by Crippen LogP contribution is 2.18. The van der Waals surface area contributed by atoms with Crippen molar-refractivity contribution in [1.29, 1.82) is 0 Å². The van der Waals surface area contributed by atoms with Crippen LogP contribution in [0.15, 0.2) is 47.4 Å². The molecular weight excluding hydrogens is 303 g/mol. The van der Waals surface area contributed by atoms with E-state index in [1.54, 1.807) is 12.1 Å². The van der Waals surface area contributed by atoms with E-state index in [1.165, 1.54) is 24.3 Å². The summed E-state index contributed by atoms with van der Waals surface area (Å²) in [5.41, 5.74) is 1.30. The van der Waals surface area contributed by atoms with Crippen molar-refractivity contribution in [2.45, 2.75) is 18.4 Å². The fourth-order valence-corrected chi connectivity index (χ4v) is 2.75. The van der Waals surface area contributed by atoms with Crippen LogP contribution < -0.4 is 0 Å². The predicted molar refractivity (Wildman–Crippen MR) is 74.6 cm³/mol. The van der Waals surface area contributed by atoms with E-state index in [4.69, 9.17) is 15.8 Å². The summed E-state index contributed by atoms with van der Waals surface area (Å²) in [4.78, 5) is 0.0607. The maximum Gasteiger partial charge on any atom is 0.297 e. The van der Waals surface area contributed by atoms with Crippen molar-refractivity contribution >= 4 is 21.7 Å². The van der Waals surface area contributed by atoms with E-state index in [0.717, 1.165) is 11.6 Å². The molecule has 0 atom stereocenters. The van der Waals surface area contributed by atoms with Gasteiger partial charge in [-0.1, -0.05) is 29.3 Å². The van der Waals surface area contributed by atoms with Crippen molar-refractivity contribution in [2.24, 2.45) is 0 Å². The summed E-state index contributed by atoms with van der Waals surface area (Å²) in [6.45, 7) is 1.58. The van der Waals surface area contributed by atoms with Gasteiger partial charge in [0.1, 0.15) is 5.82 Å². The first-order valence-corrected chi connectivity index (χ1v) is 7.56. The van der Waals surface area contributed by atoms with Gasteiger partial charge in [-0.15, -0.1) is 0 Å². The minimum atomic E-state index is -3.87. The van der Waals surface area contributed by atoms with Gasteiger partial charge in [0.25, 0.3) is 10.1 Å². The Morgan fingerprint density at radius 2 is 1.80 bits per heavy atom. The zero-order chi connectivity index (χ0) is 14.8. The highest BCUT2D eigenvalue weighted by Gasteiger charge is 2.15. The Labute approximate surface area is 122 Å². The van der Waals surface area contributed by atoms with E-state index in [1.807, 2.05) is 6.92 Å². The average Bonchev–Trinajstić information content (AvgIpc) is 2.36. The van der Waals surface area contributed by atoms with Crippen LogP contribution in [0.5, 0.6) is 0 Å².